The molecule has 2 N–H and O–H groups in total. The largest absolute Gasteiger partial charge is 0.367 e. The summed E-state index contributed by atoms with van der Waals surface area (Å²) in [6, 6.07) is 5.89. The number of hydrogen-bond donors (Lipinski definition) is 2. The minimum Gasteiger partial charge on any atom is -0.367 e. The van der Waals surface area contributed by atoms with Gasteiger partial charge in [-0.1, -0.05) is 0 Å². The van der Waals surface area contributed by atoms with Gasteiger partial charge in [0.15, 0.2) is 0 Å². The molecule has 6 nitrogen and oxygen atoms in total. The molecular formula is C17H23N5O. The summed E-state index contributed by atoms with van der Waals surface area (Å²) in [7, 11) is 0. The Morgan fingerprint density at radius 3 is 3.00 bits per heavy atom. The van der Waals surface area contributed by atoms with Crippen molar-refractivity contribution in [2.75, 3.05) is 18.4 Å². The van der Waals surface area contributed by atoms with Gasteiger partial charge in [0.1, 0.15) is 5.82 Å². The highest BCUT2D eigenvalue weighted by Crippen LogP contribution is 2.27. The average molecular weight is 313 g/mol. The van der Waals surface area contributed by atoms with E-state index in [9.17, 15) is 4.79 Å². The molecule has 1 saturated heterocycles. The number of rotatable bonds is 4. The zero-order valence-electron chi connectivity index (χ0n) is 13.6. The second-order valence-corrected chi connectivity index (χ2v) is 6.30. The molecule has 1 fully saturated rings. The van der Waals surface area contributed by atoms with Crippen molar-refractivity contribution in [3.8, 4) is 0 Å². The molecule has 3 rings (SSSR count). The van der Waals surface area contributed by atoms with Gasteiger partial charge in [-0.05, 0) is 44.9 Å². The zero-order chi connectivity index (χ0) is 16.2. The van der Waals surface area contributed by atoms with Gasteiger partial charge in [0, 0.05) is 43.1 Å². The normalized spacial score (nSPS) is 18.2. The lowest BCUT2D eigenvalue weighted by Crippen LogP contribution is -2.39. The number of likely N-dealkylation sites (tertiary alicyclic amines) is 1. The van der Waals surface area contributed by atoms with Gasteiger partial charge < -0.3 is 10.2 Å². The molecule has 1 amide bonds. The first-order chi connectivity index (χ1) is 11.1. The molecule has 0 aliphatic carbocycles. The van der Waals surface area contributed by atoms with E-state index in [1.807, 2.05) is 36.9 Å². The maximum absolute atomic E-state index is 12.9. The smallest absolute Gasteiger partial charge is 0.257 e. The Morgan fingerprint density at radius 2 is 2.26 bits per heavy atom. The molecule has 0 saturated carbocycles. The Bertz CT molecular complexity index is 653. The highest BCUT2D eigenvalue weighted by Gasteiger charge is 2.27. The highest BCUT2D eigenvalue weighted by atomic mass is 16.2. The van der Waals surface area contributed by atoms with Crippen molar-refractivity contribution in [2.45, 2.75) is 38.6 Å². The van der Waals surface area contributed by atoms with E-state index in [0.29, 0.717) is 17.3 Å². The predicted molar refractivity (Wildman–Crippen MR) is 89.5 cm³/mol. The van der Waals surface area contributed by atoms with Crippen LogP contribution in [0.5, 0.6) is 0 Å². The van der Waals surface area contributed by atoms with Gasteiger partial charge in [0.05, 0.1) is 5.56 Å². The van der Waals surface area contributed by atoms with Crippen molar-refractivity contribution in [1.29, 1.82) is 0 Å². The van der Waals surface area contributed by atoms with Crippen LogP contribution in [-0.2, 0) is 0 Å². The first kappa shape index (κ1) is 15.5. The van der Waals surface area contributed by atoms with Gasteiger partial charge >= 0.3 is 0 Å². The van der Waals surface area contributed by atoms with Gasteiger partial charge in [0.25, 0.3) is 5.91 Å². The molecule has 1 atom stereocenters. The van der Waals surface area contributed by atoms with Crippen molar-refractivity contribution in [2.24, 2.45) is 0 Å². The lowest BCUT2D eigenvalue weighted by Gasteiger charge is -2.32. The fourth-order valence-electron chi connectivity index (χ4n) is 3.05. The lowest BCUT2D eigenvalue weighted by molar-refractivity contribution is 0.0706. The number of carbonyl (C=O) groups excluding carboxylic acids is 1. The minimum atomic E-state index is 0.0467. The molecule has 3 heterocycles. The molecule has 0 radical (unpaired) electrons. The van der Waals surface area contributed by atoms with Crippen LogP contribution < -0.4 is 5.32 Å². The molecule has 2 aromatic rings. The molecule has 0 spiro atoms. The number of anilines is 1. The first-order valence-electron chi connectivity index (χ1n) is 8.15. The van der Waals surface area contributed by atoms with E-state index in [0.717, 1.165) is 31.6 Å². The van der Waals surface area contributed by atoms with E-state index >= 15 is 0 Å². The van der Waals surface area contributed by atoms with Gasteiger partial charge in [-0.15, -0.1) is 0 Å². The summed E-state index contributed by atoms with van der Waals surface area (Å²) in [5.41, 5.74) is 1.75. The third-order valence-corrected chi connectivity index (χ3v) is 4.13. The Balaban J connectivity index is 1.77. The van der Waals surface area contributed by atoms with Crippen LogP contribution in [0.1, 0.15) is 48.7 Å². The van der Waals surface area contributed by atoms with Crippen LogP contribution in [0.25, 0.3) is 0 Å². The Hall–Kier alpha value is -2.37. The van der Waals surface area contributed by atoms with E-state index in [4.69, 9.17) is 0 Å². The molecule has 1 aliphatic heterocycles. The fraction of sp³-hybridized carbons (Fsp3) is 0.471. The quantitative estimate of drug-likeness (QED) is 0.910. The number of pyridine rings is 1. The summed E-state index contributed by atoms with van der Waals surface area (Å²) < 4.78 is 0. The van der Waals surface area contributed by atoms with Crippen molar-refractivity contribution in [1.82, 2.24) is 20.1 Å². The highest BCUT2D eigenvalue weighted by molar-refractivity contribution is 5.98. The first-order valence-corrected chi connectivity index (χ1v) is 8.15. The van der Waals surface area contributed by atoms with Crippen LogP contribution in [-0.4, -0.2) is 45.1 Å². The number of amides is 1. The van der Waals surface area contributed by atoms with E-state index in [1.165, 1.54) is 0 Å². The molecule has 6 heteroatoms. The summed E-state index contributed by atoms with van der Waals surface area (Å²) in [4.78, 5) is 19.2. The lowest BCUT2D eigenvalue weighted by atomic mass is 9.94. The van der Waals surface area contributed by atoms with E-state index in [-0.39, 0.29) is 11.9 Å². The van der Waals surface area contributed by atoms with Gasteiger partial charge in [-0.3, -0.25) is 9.89 Å². The number of piperidine rings is 1. The topological polar surface area (TPSA) is 73.9 Å². The molecule has 122 valence electrons. The van der Waals surface area contributed by atoms with Crippen LogP contribution in [0.2, 0.25) is 0 Å². The minimum absolute atomic E-state index is 0.0467. The van der Waals surface area contributed by atoms with Crippen molar-refractivity contribution in [3.05, 3.63) is 41.9 Å². The summed E-state index contributed by atoms with van der Waals surface area (Å²) in [5.74, 6) is 1.04. The van der Waals surface area contributed by atoms with Gasteiger partial charge in [0.2, 0.25) is 0 Å². The summed E-state index contributed by atoms with van der Waals surface area (Å²) in [6.45, 7) is 5.59. The summed E-state index contributed by atoms with van der Waals surface area (Å²) >= 11 is 0. The second-order valence-electron chi connectivity index (χ2n) is 6.30. The number of carbonyl (C=O) groups is 1. The number of hydrogen-bond acceptors (Lipinski definition) is 4. The molecule has 2 aromatic heterocycles. The van der Waals surface area contributed by atoms with Gasteiger partial charge in [-0.2, -0.15) is 5.10 Å². The fourth-order valence-corrected chi connectivity index (χ4v) is 3.05. The van der Waals surface area contributed by atoms with Crippen LogP contribution >= 0.6 is 0 Å². The summed E-state index contributed by atoms with van der Waals surface area (Å²) in [5, 5.41) is 10.3. The molecule has 0 bridgehead atoms. The van der Waals surface area contributed by atoms with Crippen molar-refractivity contribution in [3.63, 3.8) is 0 Å². The van der Waals surface area contributed by atoms with Gasteiger partial charge in [-0.25, -0.2) is 4.98 Å². The van der Waals surface area contributed by atoms with Crippen LogP contribution in [0.3, 0.4) is 0 Å². The van der Waals surface area contributed by atoms with Crippen LogP contribution in [0.4, 0.5) is 5.82 Å². The van der Waals surface area contributed by atoms with Crippen LogP contribution in [0, 0.1) is 0 Å². The standard InChI is InChI=1S/C17H23N5O/c1-12(2)20-16-14(6-3-8-18-16)17(23)22-10-4-5-13(11-22)15-7-9-19-21-15/h3,6-9,12-13H,4-5,10-11H2,1-2H3,(H,18,20)(H,19,21). The van der Waals surface area contributed by atoms with E-state index in [2.05, 4.69) is 20.5 Å². The van der Waals surface area contributed by atoms with Crippen molar-refractivity contribution < 1.29 is 4.79 Å². The maximum Gasteiger partial charge on any atom is 0.257 e. The average Bonchev–Trinajstić information content (AvgIpc) is 3.09. The monoisotopic (exact) mass is 313 g/mol. The SMILES string of the molecule is CC(C)Nc1ncccc1C(=O)N1CCCC(c2ccn[nH]2)C1. The maximum atomic E-state index is 12.9. The number of H-pyrrole nitrogens is 1. The number of nitrogens with one attached hydrogen (secondary N) is 2. The van der Waals surface area contributed by atoms with Crippen molar-refractivity contribution >= 4 is 11.7 Å². The zero-order valence-corrected chi connectivity index (χ0v) is 13.6. The third kappa shape index (κ3) is 3.52. The number of aromatic amines is 1. The second kappa shape index (κ2) is 6.81. The summed E-state index contributed by atoms with van der Waals surface area (Å²) in [6.07, 6.45) is 5.56. The Kier molecular flexibility index (Phi) is 4.60. The van der Waals surface area contributed by atoms with E-state index in [1.54, 1.807) is 12.4 Å². The van der Waals surface area contributed by atoms with Crippen LogP contribution in [0.15, 0.2) is 30.6 Å². The predicted octanol–water partition coefficient (Wildman–Crippen LogP) is 2.64. The number of aromatic nitrogens is 3. The molecule has 0 aromatic carbocycles. The number of nitrogens with zero attached hydrogens (tertiary/aromatic N) is 3. The Morgan fingerprint density at radius 1 is 1.39 bits per heavy atom. The molecule has 23 heavy (non-hydrogen) atoms. The third-order valence-electron chi connectivity index (χ3n) is 4.13. The molecular weight excluding hydrogens is 290 g/mol. The molecule has 1 aliphatic rings. The molecule has 1 unspecified atom stereocenters. The van der Waals surface area contributed by atoms with E-state index < -0.39 is 0 Å². The Labute approximate surface area is 136 Å².